The third kappa shape index (κ3) is 4.38. The van der Waals surface area contributed by atoms with Crippen LogP contribution in [-0.2, 0) is 13.0 Å². The smallest absolute Gasteiger partial charge is 0.104 e. The van der Waals surface area contributed by atoms with Crippen LogP contribution in [0.5, 0.6) is 0 Å². The van der Waals surface area contributed by atoms with Crippen molar-refractivity contribution < 1.29 is 16.9 Å². The molecule has 16 heavy (non-hydrogen) atoms. The minimum absolute atomic E-state index is 0. The summed E-state index contributed by atoms with van der Waals surface area (Å²) < 4.78 is 0.973. The summed E-state index contributed by atoms with van der Waals surface area (Å²) in [5.41, 5.74) is 2.93. The van der Waals surface area contributed by atoms with Gasteiger partial charge in [0.05, 0.1) is 20.6 Å². The molecule has 1 aromatic rings. The molecule has 0 heterocycles. The molecule has 0 aromatic heterocycles. The first kappa shape index (κ1) is 15.2. The van der Waals surface area contributed by atoms with E-state index in [0.29, 0.717) is 0 Å². The molecule has 1 nitrogen and oxygen atoms in total. The standard InChI is InChI=1S/C14H22N.ClH/c1-5-11-15(3,4)12-14-10-8-7-9-13(14)6-2;/h5,7-10H,1,6,11-12H2,2-4H3;1H/q+1;/p-1. The van der Waals surface area contributed by atoms with E-state index in [4.69, 9.17) is 0 Å². The van der Waals surface area contributed by atoms with Crippen LogP contribution < -0.4 is 12.4 Å². The maximum atomic E-state index is 3.81. The van der Waals surface area contributed by atoms with Crippen LogP contribution in [0.25, 0.3) is 0 Å². The molecule has 0 saturated carbocycles. The second-order valence-electron chi connectivity index (χ2n) is 4.69. The van der Waals surface area contributed by atoms with Gasteiger partial charge in [-0.05, 0) is 18.1 Å². The van der Waals surface area contributed by atoms with Gasteiger partial charge in [-0.25, -0.2) is 0 Å². The Labute approximate surface area is 106 Å². The summed E-state index contributed by atoms with van der Waals surface area (Å²) in [5, 5.41) is 0. The number of quaternary nitrogens is 1. The summed E-state index contributed by atoms with van der Waals surface area (Å²) in [7, 11) is 4.49. The Kier molecular flexibility index (Phi) is 6.39. The lowest BCUT2D eigenvalue weighted by Gasteiger charge is -2.29. The van der Waals surface area contributed by atoms with Crippen LogP contribution in [0.2, 0.25) is 0 Å². The fourth-order valence-corrected chi connectivity index (χ4v) is 1.93. The first-order valence-corrected chi connectivity index (χ1v) is 5.58. The van der Waals surface area contributed by atoms with Gasteiger partial charge in [-0.15, -0.1) is 0 Å². The Balaban J connectivity index is 0.00000225. The number of benzene rings is 1. The SMILES string of the molecule is C=CC[N+](C)(C)Cc1ccccc1CC.[Cl-]. The van der Waals surface area contributed by atoms with E-state index in [1.165, 1.54) is 11.1 Å². The highest BCUT2D eigenvalue weighted by Crippen LogP contribution is 2.14. The van der Waals surface area contributed by atoms with Crippen molar-refractivity contribution in [1.82, 2.24) is 0 Å². The Hall–Kier alpha value is -0.790. The first-order valence-electron chi connectivity index (χ1n) is 5.58. The number of nitrogens with zero attached hydrogens (tertiary/aromatic N) is 1. The van der Waals surface area contributed by atoms with E-state index in [1.54, 1.807) is 0 Å². The molecule has 0 unspecified atom stereocenters. The summed E-state index contributed by atoms with van der Waals surface area (Å²) in [6.45, 7) is 8.12. The zero-order chi connectivity index (χ0) is 11.3. The van der Waals surface area contributed by atoms with Crippen molar-refractivity contribution in [2.24, 2.45) is 0 Å². The summed E-state index contributed by atoms with van der Waals surface area (Å²) in [4.78, 5) is 0. The molecule has 0 bridgehead atoms. The highest BCUT2D eigenvalue weighted by molar-refractivity contribution is 5.26. The lowest BCUT2D eigenvalue weighted by atomic mass is 10.0. The Morgan fingerprint density at radius 3 is 2.25 bits per heavy atom. The molecule has 0 fully saturated rings. The average Bonchev–Trinajstić information content (AvgIpc) is 2.17. The van der Waals surface area contributed by atoms with Gasteiger partial charge in [0, 0.05) is 5.56 Å². The molecule has 0 spiro atoms. The van der Waals surface area contributed by atoms with Crippen LogP contribution >= 0.6 is 0 Å². The van der Waals surface area contributed by atoms with E-state index in [0.717, 1.165) is 24.0 Å². The van der Waals surface area contributed by atoms with Crippen molar-refractivity contribution in [1.29, 1.82) is 0 Å². The number of halogens is 1. The number of hydrogen-bond acceptors (Lipinski definition) is 0. The topological polar surface area (TPSA) is 0 Å². The molecule has 0 N–H and O–H groups in total. The second kappa shape index (κ2) is 6.72. The molecule has 2 heteroatoms. The molecule has 0 amide bonds. The fraction of sp³-hybridized carbons (Fsp3) is 0.429. The van der Waals surface area contributed by atoms with Gasteiger partial charge in [0.1, 0.15) is 6.54 Å². The lowest BCUT2D eigenvalue weighted by Crippen LogP contribution is -3.00. The first-order chi connectivity index (χ1) is 7.09. The van der Waals surface area contributed by atoms with Crippen molar-refractivity contribution >= 4 is 0 Å². The summed E-state index contributed by atoms with van der Waals surface area (Å²) in [5.74, 6) is 0. The lowest BCUT2D eigenvalue weighted by molar-refractivity contribution is -0.897. The van der Waals surface area contributed by atoms with Crippen LogP contribution in [-0.4, -0.2) is 25.1 Å². The van der Waals surface area contributed by atoms with Gasteiger partial charge in [0.25, 0.3) is 0 Å². The molecule has 1 rings (SSSR count). The Morgan fingerprint density at radius 2 is 1.75 bits per heavy atom. The fourth-order valence-electron chi connectivity index (χ4n) is 1.93. The molecule has 0 radical (unpaired) electrons. The molecule has 1 aromatic carbocycles. The molecule has 0 atom stereocenters. The maximum Gasteiger partial charge on any atom is 0.104 e. The van der Waals surface area contributed by atoms with E-state index in [9.17, 15) is 0 Å². The molecular weight excluding hydrogens is 218 g/mol. The van der Waals surface area contributed by atoms with Crippen molar-refractivity contribution in [3.8, 4) is 0 Å². The van der Waals surface area contributed by atoms with Gasteiger partial charge < -0.3 is 16.9 Å². The molecular formula is C14H22ClN. The summed E-state index contributed by atoms with van der Waals surface area (Å²) in [6.07, 6.45) is 3.11. The number of rotatable bonds is 5. The zero-order valence-electron chi connectivity index (χ0n) is 10.5. The van der Waals surface area contributed by atoms with Gasteiger partial charge in [-0.3, -0.25) is 0 Å². The van der Waals surface area contributed by atoms with E-state index in [-0.39, 0.29) is 12.4 Å². The minimum Gasteiger partial charge on any atom is -1.00 e. The van der Waals surface area contributed by atoms with Crippen molar-refractivity contribution in [2.45, 2.75) is 19.9 Å². The third-order valence-electron chi connectivity index (χ3n) is 2.72. The van der Waals surface area contributed by atoms with Crippen LogP contribution in [0, 0.1) is 0 Å². The molecule has 0 aliphatic carbocycles. The van der Waals surface area contributed by atoms with E-state index >= 15 is 0 Å². The summed E-state index contributed by atoms with van der Waals surface area (Å²) in [6, 6.07) is 8.71. The average molecular weight is 240 g/mol. The van der Waals surface area contributed by atoms with Gasteiger partial charge in [0.2, 0.25) is 0 Å². The van der Waals surface area contributed by atoms with E-state index in [2.05, 4.69) is 51.9 Å². The van der Waals surface area contributed by atoms with Gasteiger partial charge in [0.15, 0.2) is 0 Å². The van der Waals surface area contributed by atoms with Crippen molar-refractivity contribution in [2.75, 3.05) is 20.6 Å². The van der Waals surface area contributed by atoms with Gasteiger partial charge in [-0.1, -0.05) is 37.8 Å². The number of aryl methyl sites for hydroxylation is 1. The minimum atomic E-state index is 0. The monoisotopic (exact) mass is 239 g/mol. The van der Waals surface area contributed by atoms with E-state index in [1.807, 2.05) is 6.08 Å². The second-order valence-corrected chi connectivity index (χ2v) is 4.69. The van der Waals surface area contributed by atoms with Crippen LogP contribution in [0.4, 0.5) is 0 Å². The number of hydrogen-bond donors (Lipinski definition) is 0. The van der Waals surface area contributed by atoms with Gasteiger partial charge in [-0.2, -0.15) is 0 Å². The quantitative estimate of drug-likeness (QED) is 0.502. The molecule has 0 aliphatic heterocycles. The zero-order valence-corrected chi connectivity index (χ0v) is 11.3. The van der Waals surface area contributed by atoms with Crippen LogP contribution in [0.15, 0.2) is 36.9 Å². The Bertz CT molecular complexity index is 331. The largest absolute Gasteiger partial charge is 1.00 e. The van der Waals surface area contributed by atoms with Gasteiger partial charge >= 0.3 is 0 Å². The maximum absolute atomic E-state index is 3.81. The normalized spacial score (nSPS) is 10.7. The third-order valence-corrected chi connectivity index (χ3v) is 2.72. The van der Waals surface area contributed by atoms with Crippen molar-refractivity contribution in [3.05, 3.63) is 48.0 Å². The molecule has 0 aliphatic rings. The number of likely N-dealkylation sites (N-methyl/N-ethyl adjacent to an activating group) is 1. The van der Waals surface area contributed by atoms with Crippen molar-refractivity contribution in [3.63, 3.8) is 0 Å². The van der Waals surface area contributed by atoms with Crippen LogP contribution in [0.1, 0.15) is 18.1 Å². The summed E-state index contributed by atoms with van der Waals surface area (Å²) >= 11 is 0. The Morgan fingerprint density at radius 1 is 1.19 bits per heavy atom. The molecule has 90 valence electrons. The van der Waals surface area contributed by atoms with E-state index < -0.39 is 0 Å². The highest BCUT2D eigenvalue weighted by Gasteiger charge is 2.15. The predicted octanol–water partition coefficient (Wildman–Crippen LogP) is 0.0154. The predicted molar refractivity (Wildman–Crippen MR) is 66.7 cm³/mol. The highest BCUT2D eigenvalue weighted by atomic mass is 35.5. The van der Waals surface area contributed by atoms with Crippen LogP contribution in [0.3, 0.4) is 0 Å². The molecule has 0 saturated heterocycles.